The van der Waals surface area contributed by atoms with Gasteiger partial charge in [-0.1, -0.05) is 79.4 Å². The molecule has 0 unspecified atom stereocenters. The SMILES string of the molecule is C=C1/C=C\C(c2ccccc2)=C/N(C)c2ccc3ccccc3c21. The van der Waals surface area contributed by atoms with Crippen molar-refractivity contribution < 1.29 is 0 Å². The second-order valence-electron chi connectivity index (χ2n) is 6.10. The second kappa shape index (κ2) is 5.86. The van der Waals surface area contributed by atoms with Crippen molar-refractivity contribution in [1.29, 1.82) is 0 Å². The highest BCUT2D eigenvalue weighted by Crippen LogP contribution is 2.36. The van der Waals surface area contributed by atoms with Crippen molar-refractivity contribution in [2.24, 2.45) is 0 Å². The highest BCUT2D eigenvalue weighted by atomic mass is 15.1. The Hall–Kier alpha value is -3.06. The lowest BCUT2D eigenvalue weighted by Gasteiger charge is -2.24. The van der Waals surface area contributed by atoms with Gasteiger partial charge in [-0.3, -0.25) is 0 Å². The minimum atomic E-state index is 1.04. The van der Waals surface area contributed by atoms with Crippen molar-refractivity contribution >= 4 is 27.6 Å². The molecule has 0 aromatic heterocycles. The van der Waals surface area contributed by atoms with Gasteiger partial charge in [0.15, 0.2) is 0 Å². The molecule has 0 aliphatic carbocycles. The third-order valence-electron chi connectivity index (χ3n) is 4.51. The lowest BCUT2D eigenvalue weighted by molar-refractivity contribution is 1.20. The van der Waals surface area contributed by atoms with Crippen molar-refractivity contribution in [3.63, 3.8) is 0 Å². The zero-order valence-electron chi connectivity index (χ0n) is 13.7. The monoisotopic (exact) mass is 309 g/mol. The van der Waals surface area contributed by atoms with Gasteiger partial charge in [0, 0.05) is 24.5 Å². The number of anilines is 1. The Morgan fingerprint density at radius 1 is 0.792 bits per heavy atom. The molecule has 0 radical (unpaired) electrons. The molecular formula is C23H19N. The van der Waals surface area contributed by atoms with Crippen molar-refractivity contribution in [1.82, 2.24) is 0 Å². The highest BCUT2D eigenvalue weighted by Gasteiger charge is 2.14. The average molecular weight is 309 g/mol. The lowest BCUT2D eigenvalue weighted by atomic mass is 9.94. The summed E-state index contributed by atoms with van der Waals surface area (Å²) < 4.78 is 0. The average Bonchev–Trinajstić information content (AvgIpc) is 2.63. The van der Waals surface area contributed by atoms with Crippen LogP contribution in [0, 0.1) is 0 Å². The van der Waals surface area contributed by atoms with Crippen molar-refractivity contribution in [3.05, 3.63) is 103 Å². The van der Waals surface area contributed by atoms with E-state index in [1.165, 1.54) is 33.2 Å². The summed E-state index contributed by atoms with van der Waals surface area (Å²) in [5.41, 5.74) is 5.80. The minimum absolute atomic E-state index is 1.04. The van der Waals surface area contributed by atoms with Crippen LogP contribution in [0.4, 0.5) is 5.69 Å². The topological polar surface area (TPSA) is 3.24 Å². The molecule has 1 aliphatic rings. The predicted molar refractivity (Wildman–Crippen MR) is 105 cm³/mol. The fourth-order valence-corrected chi connectivity index (χ4v) is 3.29. The van der Waals surface area contributed by atoms with Crippen LogP contribution in [0.1, 0.15) is 11.1 Å². The predicted octanol–water partition coefficient (Wildman–Crippen LogP) is 5.90. The molecule has 24 heavy (non-hydrogen) atoms. The summed E-state index contributed by atoms with van der Waals surface area (Å²) in [5, 5.41) is 2.49. The van der Waals surface area contributed by atoms with Crippen LogP contribution in [-0.4, -0.2) is 7.05 Å². The van der Waals surface area contributed by atoms with E-state index in [2.05, 4.69) is 97.5 Å². The maximum atomic E-state index is 4.33. The molecule has 0 atom stereocenters. The Labute approximate surface area is 142 Å². The highest BCUT2D eigenvalue weighted by molar-refractivity contribution is 6.02. The van der Waals surface area contributed by atoms with Gasteiger partial charge in [0.2, 0.25) is 0 Å². The molecule has 1 heteroatoms. The first-order valence-corrected chi connectivity index (χ1v) is 8.13. The summed E-state index contributed by atoms with van der Waals surface area (Å²) >= 11 is 0. The van der Waals surface area contributed by atoms with Gasteiger partial charge in [-0.05, 0) is 33.5 Å². The summed E-state index contributed by atoms with van der Waals surface area (Å²) in [5.74, 6) is 0. The van der Waals surface area contributed by atoms with E-state index in [1.54, 1.807) is 0 Å². The molecule has 3 aromatic carbocycles. The third-order valence-corrected chi connectivity index (χ3v) is 4.51. The zero-order chi connectivity index (χ0) is 16.5. The maximum Gasteiger partial charge on any atom is 0.0489 e. The first-order chi connectivity index (χ1) is 11.7. The Morgan fingerprint density at radius 3 is 2.38 bits per heavy atom. The van der Waals surface area contributed by atoms with E-state index in [-0.39, 0.29) is 0 Å². The Balaban J connectivity index is 1.92. The number of hydrogen-bond donors (Lipinski definition) is 0. The molecule has 0 N–H and O–H groups in total. The number of benzene rings is 3. The van der Waals surface area contributed by atoms with E-state index in [9.17, 15) is 0 Å². The molecule has 1 nitrogen and oxygen atoms in total. The van der Waals surface area contributed by atoms with Crippen molar-refractivity contribution in [3.8, 4) is 0 Å². The largest absolute Gasteiger partial charge is 0.350 e. The minimum Gasteiger partial charge on any atom is -0.350 e. The van der Waals surface area contributed by atoms with Crippen LogP contribution < -0.4 is 4.90 Å². The van der Waals surface area contributed by atoms with E-state index in [0.717, 1.165) is 5.57 Å². The molecule has 4 rings (SSSR count). The summed E-state index contributed by atoms with van der Waals surface area (Å²) in [7, 11) is 2.10. The number of hydrogen-bond acceptors (Lipinski definition) is 1. The molecule has 1 heterocycles. The quantitative estimate of drug-likeness (QED) is 0.541. The van der Waals surface area contributed by atoms with Crippen LogP contribution in [0.3, 0.4) is 0 Å². The molecule has 3 aromatic rings. The Bertz CT molecular complexity index is 977. The number of nitrogens with zero attached hydrogens (tertiary/aromatic N) is 1. The molecule has 0 saturated heterocycles. The Morgan fingerprint density at radius 2 is 1.54 bits per heavy atom. The maximum absolute atomic E-state index is 4.33. The smallest absolute Gasteiger partial charge is 0.0489 e. The van der Waals surface area contributed by atoms with Crippen LogP contribution in [-0.2, 0) is 0 Å². The van der Waals surface area contributed by atoms with Crippen LogP contribution in [0.2, 0.25) is 0 Å². The first kappa shape index (κ1) is 14.5. The van der Waals surface area contributed by atoms with E-state index >= 15 is 0 Å². The van der Waals surface area contributed by atoms with Gasteiger partial charge < -0.3 is 4.90 Å². The summed E-state index contributed by atoms with van der Waals surface area (Å²) in [6.45, 7) is 4.33. The molecule has 116 valence electrons. The van der Waals surface area contributed by atoms with Crippen LogP contribution >= 0.6 is 0 Å². The van der Waals surface area contributed by atoms with Crippen LogP contribution in [0.25, 0.3) is 21.9 Å². The number of fused-ring (bicyclic) bond motifs is 3. The first-order valence-electron chi connectivity index (χ1n) is 8.13. The van der Waals surface area contributed by atoms with Crippen LogP contribution in [0.5, 0.6) is 0 Å². The summed E-state index contributed by atoms with van der Waals surface area (Å²) in [4.78, 5) is 2.19. The third kappa shape index (κ3) is 2.44. The van der Waals surface area contributed by atoms with Gasteiger partial charge in [-0.2, -0.15) is 0 Å². The fraction of sp³-hybridized carbons (Fsp3) is 0.0435. The summed E-state index contributed by atoms with van der Waals surface area (Å²) in [6.07, 6.45) is 6.46. The lowest BCUT2D eigenvalue weighted by Crippen LogP contribution is -2.12. The molecular weight excluding hydrogens is 290 g/mol. The number of rotatable bonds is 1. The molecule has 0 fully saturated rings. The molecule has 0 spiro atoms. The van der Waals surface area contributed by atoms with Crippen molar-refractivity contribution in [2.75, 3.05) is 11.9 Å². The molecule has 1 aliphatic heterocycles. The molecule has 0 amide bonds. The van der Waals surface area contributed by atoms with Gasteiger partial charge in [-0.15, -0.1) is 0 Å². The van der Waals surface area contributed by atoms with Gasteiger partial charge in [0.1, 0.15) is 0 Å². The van der Waals surface area contributed by atoms with Gasteiger partial charge in [0.25, 0.3) is 0 Å². The van der Waals surface area contributed by atoms with Gasteiger partial charge in [-0.25, -0.2) is 0 Å². The molecule has 0 saturated carbocycles. The van der Waals surface area contributed by atoms with E-state index in [1.807, 2.05) is 6.07 Å². The zero-order valence-corrected chi connectivity index (χ0v) is 13.7. The molecule has 0 bridgehead atoms. The normalized spacial score (nSPS) is 17.6. The van der Waals surface area contributed by atoms with Crippen LogP contribution in [0.15, 0.2) is 91.7 Å². The van der Waals surface area contributed by atoms with Crippen molar-refractivity contribution in [2.45, 2.75) is 0 Å². The summed E-state index contributed by atoms with van der Waals surface area (Å²) in [6, 6.07) is 23.3. The van der Waals surface area contributed by atoms with E-state index in [4.69, 9.17) is 0 Å². The van der Waals surface area contributed by atoms with Gasteiger partial charge >= 0.3 is 0 Å². The Kier molecular flexibility index (Phi) is 3.55. The second-order valence-corrected chi connectivity index (χ2v) is 6.10. The fourth-order valence-electron chi connectivity index (χ4n) is 3.29. The van der Waals surface area contributed by atoms with E-state index in [0.29, 0.717) is 0 Å². The van der Waals surface area contributed by atoms with E-state index < -0.39 is 0 Å². The standard InChI is InChI=1S/C23H19N/c1-17-12-13-20(18-8-4-3-5-9-18)16-24(2)22-15-14-19-10-6-7-11-21(19)23(17)22/h3-16H,1H2,2H3/b13-12-,20-16+. The van der Waals surface area contributed by atoms with Gasteiger partial charge in [0.05, 0.1) is 0 Å². The number of allylic oxidation sites excluding steroid dienone is 4.